The molecule has 0 aliphatic rings. The maximum absolute atomic E-state index is 15.8. The minimum absolute atomic E-state index is 0.184. The van der Waals surface area contributed by atoms with Crippen LogP contribution in [0.5, 0.6) is 0 Å². The van der Waals surface area contributed by atoms with Gasteiger partial charge in [0.25, 0.3) is 0 Å². The van der Waals surface area contributed by atoms with E-state index < -0.39 is 84.2 Å². The van der Waals surface area contributed by atoms with Gasteiger partial charge in [-0.3, -0.25) is 0 Å². The fraction of sp³-hybridized carbons (Fsp3) is 0.519. The van der Waals surface area contributed by atoms with E-state index in [1.54, 1.807) is 0 Å². The van der Waals surface area contributed by atoms with E-state index in [1.165, 1.54) is 37.1 Å². The van der Waals surface area contributed by atoms with Gasteiger partial charge in [-0.2, -0.15) is 0 Å². The molecule has 0 fully saturated rings. The predicted molar refractivity (Wildman–Crippen MR) is 258 cm³/mol. The van der Waals surface area contributed by atoms with Gasteiger partial charge in [-0.15, -0.1) is 11.1 Å². The number of benzene rings is 5. The van der Waals surface area contributed by atoms with Crippen molar-refractivity contribution in [2.75, 3.05) is 0 Å². The summed E-state index contributed by atoms with van der Waals surface area (Å²) in [5, 5.41) is -1.25. The lowest BCUT2D eigenvalue weighted by Crippen LogP contribution is -2.40. The van der Waals surface area contributed by atoms with Gasteiger partial charge in [0.1, 0.15) is 16.1 Å². The van der Waals surface area contributed by atoms with Gasteiger partial charge in [0.05, 0.1) is 0 Å². The van der Waals surface area contributed by atoms with E-state index in [1.807, 2.05) is 0 Å². The Bertz CT molecular complexity index is 2310. The molecule has 5 rings (SSSR count). The van der Waals surface area contributed by atoms with Crippen molar-refractivity contribution in [3.05, 3.63) is 81.9 Å². The van der Waals surface area contributed by atoms with Crippen LogP contribution in [0.4, 0.5) is 35.1 Å². The molecular formula is C54H66F8Si2. The van der Waals surface area contributed by atoms with Gasteiger partial charge in [0.2, 0.25) is 0 Å². The van der Waals surface area contributed by atoms with Crippen LogP contribution in [0.1, 0.15) is 157 Å². The number of unbranched alkanes of at least 4 members (excludes halogenated alkanes) is 10. The molecule has 0 nitrogen and oxygen atoms in total. The van der Waals surface area contributed by atoms with Crippen LogP contribution in [0.2, 0.25) is 34.3 Å². The molecule has 5 aromatic carbocycles. The number of hydrogen-bond donors (Lipinski definition) is 0. The predicted octanol–water partition coefficient (Wildman–Crippen LogP) is 18.5. The Morgan fingerprint density at radius 2 is 0.578 bits per heavy atom. The van der Waals surface area contributed by atoms with E-state index in [4.69, 9.17) is 0 Å². The molecule has 0 unspecified atom stereocenters. The van der Waals surface area contributed by atoms with Gasteiger partial charge in [-0.05, 0) is 80.1 Å². The van der Waals surface area contributed by atoms with E-state index in [0.29, 0.717) is 0 Å². The lowest BCUT2D eigenvalue weighted by atomic mass is 9.88. The monoisotopic (exact) mass is 922 g/mol. The normalized spacial score (nSPS) is 12.5. The largest absolute Gasteiger partial charge is 0.203 e. The number of rotatable bonds is 18. The Balaban J connectivity index is 1.98. The molecule has 0 aliphatic carbocycles. The van der Waals surface area contributed by atoms with Crippen molar-refractivity contribution in [2.24, 2.45) is 0 Å². The molecule has 0 atom stereocenters. The summed E-state index contributed by atoms with van der Waals surface area (Å²) in [6, 6.07) is 6.72. The van der Waals surface area contributed by atoms with Crippen LogP contribution in [0, 0.1) is 69.5 Å². The molecule has 0 heterocycles. The molecular weight excluding hydrogens is 857 g/mol. The maximum atomic E-state index is 15.8. The molecule has 0 N–H and O–H groups in total. The molecule has 0 amide bonds. The molecule has 0 saturated heterocycles. The summed E-state index contributed by atoms with van der Waals surface area (Å²) < 4.78 is 123. The highest BCUT2D eigenvalue weighted by Gasteiger charge is 2.39. The standard InChI is InChI=1S/C54H66F8Si2/c1-11-13-15-17-19-21-25-63(33(3)4,34(5)6)27-23-37-39-29-43-45(49(57)53(61)51(59)47(43)55)31-41(39)38(24-28-64(35(7)8,36(9)10)26-22-20-18-16-14-12-2)42-32-46-44(30-40(37)42)48(56)52(60)54(62)50(46)58/h29-36H,11-22,25-26H2,1-10H3. The van der Waals surface area contributed by atoms with Crippen LogP contribution in [0.25, 0.3) is 43.1 Å². The summed E-state index contributed by atoms with van der Waals surface area (Å²) in [5.41, 5.74) is 8.63. The molecule has 0 aromatic heterocycles. The van der Waals surface area contributed by atoms with Crippen LogP contribution in [0.3, 0.4) is 0 Å². The Morgan fingerprint density at radius 3 is 0.812 bits per heavy atom. The number of fused-ring (bicyclic) bond motifs is 4. The third-order valence-corrected chi connectivity index (χ3v) is 26.1. The molecule has 5 aromatic rings. The second-order valence-electron chi connectivity index (χ2n) is 19.4. The summed E-state index contributed by atoms with van der Waals surface area (Å²) in [6.07, 6.45) is 13.1. The fourth-order valence-electron chi connectivity index (χ4n) is 10.1. The first kappa shape index (κ1) is 51.1. The molecule has 0 radical (unpaired) electrons. The number of hydrogen-bond acceptors (Lipinski definition) is 0. The molecule has 10 heteroatoms. The third-order valence-electron chi connectivity index (χ3n) is 14.3. The van der Waals surface area contributed by atoms with E-state index in [2.05, 4.69) is 92.2 Å². The maximum Gasteiger partial charge on any atom is 0.198 e. The third kappa shape index (κ3) is 9.95. The Labute approximate surface area is 378 Å². The van der Waals surface area contributed by atoms with Crippen LogP contribution in [-0.4, -0.2) is 16.1 Å². The molecule has 0 bridgehead atoms. The Kier molecular flexibility index (Phi) is 17.3. The SMILES string of the molecule is CCCCCCCC[Si](C#Cc1c2cc3c(F)c(F)c(F)c(F)c3cc2c(C#C[Si](CCCCCCCC)(C(C)C)C(C)C)c2cc3c(F)c(F)c(F)c(F)c3cc12)(C(C)C)C(C)C. The zero-order valence-electron chi connectivity index (χ0n) is 39.5. The summed E-state index contributed by atoms with van der Waals surface area (Å²) in [5.74, 6) is -7.37. The van der Waals surface area contributed by atoms with E-state index >= 15 is 17.6 Å². The molecule has 0 spiro atoms. The minimum atomic E-state index is -2.53. The van der Waals surface area contributed by atoms with Crippen LogP contribution in [-0.2, 0) is 0 Å². The van der Waals surface area contributed by atoms with Crippen molar-refractivity contribution in [3.8, 4) is 22.9 Å². The Morgan fingerprint density at radius 1 is 0.344 bits per heavy atom. The quantitative estimate of drug-likeness (QED) is 0.0156. The second-order valence-corrected chi connectivity index (χ2v) is 29.7. The van der Waals surface area contributed by atoms with Crippen molar-refractivity contribution in [2.45, 2.75) is 181 Å². The second kappa shape index (κ2) is 21.6. The van der Waals surface area contributed by atoms with Crippen molar-refractivity contribution < 1.29 is 35.1 Å². The van der Waals surface area contributed by atoms with Crippen molar-refractivity contribution in [3.63, 3.8) is 0 Å². The van der Waals surface area contributed by atoms with Gasteiger partial charge in [-0.1, -0.05) is 158 Å². The first-order valence-corrected chi connectivity index (χ1v) is 28.4. The molecule has 64 heavy (non-hydrogen) atoms. The van der Waals surface area contributed by atoms with Crippen LogP contribution >= 0.6 is 0 Å². The van der Waals surface area contributed by atoms with Gasteiger partial charge >= 0.3 is 0 Å². The van der Waals surface area contributed by atoms with Gasteiger partial charge in [0, 0.05) is 32.7 Å². The summed E-state index contributed by atoms with van der Waals surface area (Å²) >= 11 is 0. The summed E-state index contributed by atoms with van der Waals surface area (Å²) in [4.78, 5) is 0. The summed E-state index contributed by atoms with van der Waals surface area (Å²) in [6.45, 7) is 21.6. The van der Waals surface area contributed by atoms with Crippen molar-refractivity contribution in [1.29, 1.82) is 0 Å². The first-order chi connectivity index (χ1) is 30.3. The highest BCUT2D eigenvalue weighted by molar-refractivity contribution is 6.90. The van der Waals surface area contributed by atoms with Gasteiger partial charge in [0.15, 0.2) is 46.5 Å². The van der Waals surface area contributed by atoms with E-state index in [9.17, 15) is 17.6 Å². The average Bonchev–Trinajstić information content (AvgIpc) is 3.26. The zero-order valence-corrected chi connectivity index (χ0v) is 41.5. The van der Waals surface area contributed by atoms with E-state index in [-0.39, 0.29) is 54.8 Å². The highest BCUT2D eigenvalue weighted by Crippen LogP contribution is 2.43. The lowest BCUT2D eigenvalue weighted by molar-refractivity contribution is 0.418. The smallest absolute Gasteiger partial charge is 0.198 e. The van der Waals surface area contributed by atoms with Crippen LogP contribution < -0.4 is 0 Å². The van der Waals surface area contributed by atoms with Gasteiger partial charge < -0.3 is 0 Å². The van der Waals surface area contributed by atoms with Crippen molar-refractivity contribution in [1.82, 2.24) is 0 Å². The average molecular weight is 923 g/mol. The summed E-state index contributed by atoms with van der Waals surface area (Å²) in [7, 11) is -5.06. The minimum Gasteiger partial charge on any atom is -0.203 e. The highest BCUT2D eigenvalue weighted by atomic mass is 28.3. The Hall–Kier alpha value is -3.87. The van der Waals surface area contributed by atoms with Crippen LogP contribution in [0.15, 0.2) is 24.3 Å². The molecule has 0 aliphatic heterocycles. The topological polar surface area (TPSA) is 0 Å². The molecule has 346 valence electrons. The van der Waals surface area contributed by atoms with E-state index in [0.717, 1.165) is 76.3 Å². The number of halogens is 8. The molecule has 0 saturated carbocycles. The lowest BCUT2D eigenvalue weighted by Gasteiger charge is -2.34. The van der Waals surface area contributed by atoms with Crippen molar-refractivity contribution >= 4 is 59.2 Å². The first-order valence-electron chi connectivity index (χ1n) is 23.7. The zero-order chi connectivity index (χ0) is 47.3. The fourth-order valence-corrected chi connectivity index (χ4v) is 18.9. The van der Waals surface area contributed by atoms with Gasteiger partial charge in [-0.25, -0.2) is 35.1 Å².